The van der Waals surface area contributed by atoms with E-state index in [0.29, 0.717) is 0 Å². The molecule has 82 valence electrons. The van der Waals surface area contributed by atoms with E-state index in [1.54, 1.807) is 0 Å². The van der Waals surface area contributed by atoms with Gasteiger partial charge in [0.25, 0.3) is 0 Å². The lowest BCUT2D eigenvalue weighted by Crippen LogP contribution is -2.09. The Morgan fingerprint density at radius 2 is 2.33 bits per heavy atom. The van der Waals surface area contributed by atoms with Gasteiger partial charge in [-0.1, -0.05) is 0 Å². The van der Waals surface area contributed by atoms with Crippen molar-refractivity contribution in [1.29, 1.82) is 0 Å². The minimum atomic E-state index is 0.793. The number of hydrogen-bond donors (Lipinski definition) is 1. The Morgan fingerprint density at radius 1 is 1.53 bits per heavy atom. The molecule has 1 heterocycles. The zero-order valence-electron chi connectivity index (χ0n) is 9.42. The average molecular weight is 206 g/mol. The smallest absolute Gasteiger partial charge is 0.127 e. The third-order valence-electron chi connectivity index (χ3n) is 2.62. The Hall–Kier alpha value is -1.09. The Labute approximate surface area is 90.9 Å². The van der Waals surface area contributed by atoms with Crippen LogP contribution < -0.4 is 10.1 Å². The largest absolute Gasteiger partial charge is 0.493 e. The second-order valence-corrected chi connectivity index (χ2v) is 4.22. The minimum Gasteiger partial charge on any atom is -0.493 e. The molecule has 1 fully saturated rings. The molecular weight excluding hydrogens is 188 g/mol. The number of aryl methyl sites for hydroxylation is 1. The van der Waals surface area contributed by atoms with Crippen LogP contribution in [0.4, 0.5) is 0 Å². The molecular formula is C12H18N2O. The first-order valence-corrected chi connectivity index (χ1v) is 5.52. The molecule has 1 aliphatic rings. The van der Waals surface area contributed by atoms with Crippen molar-refractivity contribution in [2.45, 2.75) is 26.3 Å². The number of ether oxygens (including phenoxy) is 1. The summed E-state index contributed by atoms with van der Waals surface area (Å²) in [4.78, 5) is 4.28. The monoisotopic (exact) mass is 206 g/mol. The van der Waals surface area contributed by atoms with Crippen LogP contribution in [0.25, 0.3) is 0 Å². The third kappa shape index (κ3) is 2.93. The molecule has 2 rings (SSSR count). The van der Waals surface area contributed by atoms with Crippen molar-refractivity contribution in [1.82, 2.24) is 10.3 Å². The lowest BCUT2D eigenvalue weighted by molar-refractivity contribution is 0.295. The van der Waals surface area contributed by atoms with Crippen LogP contribution in [-0.4, -0.2) is 18.6 Å². The van der Waals surface area contributed by atoms with Gasteiger partial charge in [-0.3, -0.25) is 4.98 Å². The minimum absolute atomic E-state index is 0.793. The maximum atomic E-state index is 5.81. The molecule has 0 spiro atoms. The van der Waals surface area contributed by atoms with Crippen molar-refractivity contribution in [2.75, 3.05) is 13.7 Å². The van der Waals surface area contributed by atoms with E-state index in [1.165, 1.54) is 12.8 Å². The lowest BCUT2D eigenvalue weighted by atomic mass is 10.2. The van der Waals surface area contributed by atoms with Crippen molar-refractivity contribution < 1.29 is 4.74 Å². The summed E-state index contributed by atoms with van der Waals surface area (Å²) in [5.74, 6) is 1.78. The quantitative estimate of drug-likeness (QED) is 0.799. The molecule has 0 saturated heterocycles. The first kappa shape index (κ1) is 10.4. The summed E-state index contributed by atoms with van der Waals surface area (Å²) in [5, 5.41) is 3.13. The molecule has 1 aliphatic carbocycles. The zero-order chi connectivity index (χ0) is 10.7. The fraction of sp³-hybridized carbons (Fsp3) is 0.583. The molecule has 1 aromatic heterocycles. The Morgan fingerprint density at radius 3 is 3.00 bits per heavy atom. The molecule has 1 N–H and O–H groups in total. The molecule has 0 unspecified atom stereocenters. The van der Waals surface area contributed by atoms with E-state index in [0.717, 1.165) is 36.1 Å². The van der Waals surface area contributed by atoms with Crippen molar-refractivity contribution in [3.8, 4) is 5.75 Å². The number of nitrogens with zero attached hydrogens (tertiary/aromatic N) is 1. The highest BCUT2D eigenvalue weighted by atomic mass is 16.5. The number of aromatic nitrogens is 1. The fourth-order valence-corrected chi connectivity index (χ4v) is 1.51. The summed E-state index contributed by atoms with van der Waals surface area (Å²) in [6, 6.07) is 2.02. The van der Waals surface area contributed by atoms with E-state index >= 15 is 0 Å². The first-order chi connectivity index (χ1) is 7.29. The number of pyridine rings is 1. The van der Waals surface area contributed by atoms with E-state index in [4.69, 9.17) is 4.74 Å². The Balaban J connectivity index is 2.05. The van der Waals surface area contributed by atoms with Gasteiger partial charge < -0.3 is 10.1 Å². The van der Waals surface area contributed by atoms with Crippen LogP contribution in [0.15, 0.2) is 12.3 Å². The first-order valence-electron chi connectivity index (χ1n) is 5.52. The number of hydrogen-bond acceptors (Lipinski definition) is 3. The molecule has 0 aromatic carbocycles. The Bertz CT molecular complexity index is 334. The van der Waals surface area contributed by atoms with E-state index in [2.05, 4.69) is 10.3 Å². The van der Waals surface area contributed by atoms with Gasteiger partial charge in [-0.2, -0.15) is 0 Å². The van der Waals surface area contributed by atoms with Crippen LogP contribution in [0.2, 0.25) is 0 Å². The normalized spacial score (nSPS) is 15.3. The molecule has 15 heavy (non-hydrogen) atoms. The van der Waals surface area contributed by atoms with Gasteiger partial charge >= 0.3 is 0 Å². The van der Waals surface area contributed by atoms with Crippen LogP contribution >= 0.6 is 0 Å². The van der Waals surface area contributed by atoms with Crippen LogP contribution in [-0.2, 0) is 6.54 Å². The van der Waals surface area contributed by atoms with Crippen LogP contribution in [0, 0.1) is 12.8 Å². The molecule has 0 aliphatic heterocycles. The van der Waals surface area contributed by atoms with Gasteiger partial charge in [0.15, 0.2) is 0 Å². The molecule has 0 radical (unpaired) electrons. The highest BCUT2D eigenvalue weighted by Gasteiger charge is 2.22. The van der Waals surface area contributed by atoms with E-state index in [-0.39, 0.29) is 0 Å². The summed E-state index contributed by atoms with van der Waals surface area (Å²) < 4.78 is 5.81. The second-order valence-electron chi connectivity index (χ2n) is 4.22. The third-order valence-corrected chi connectivity index (χ3v) is 2.62. The molecule has 1 aromatic rings. The highest BCUT2D eigenvalue weighted by Crippen LogP contribution is 2.30. The van der Waals surface area contributed by atoms with Crippen LogP contribution in [0.1, 0.15) is 24.1 Å². The predicted molar refractivity (Wildman–Crippen MR) is 60.0 cm³/mol. The lowest BCUT2D eigenvalue weighted by Gasteiger charge is -2.11. The van der Waals surface area contributed by atoms with E-state index < -0.39 is 0 Å². The van der Waals surface area contributed by atoms with Crippen LogP contribution in [0.3, 0.4) is 0 Å². The second kappa shape index (κ2) is 4.62. The van der Waals surface area contributed by atoms with Crippen molar-refractivity contribution in [3.05, 3.63) is 23.5 Å². The maximum absolute atomic E-state index is 5.81. The molecule has 1 saturated carbocycles. The fourth-order valence-electron chi connectivity index (χ4n) is 1.51. The van der Waals surface area contributed by atoms with Crippen molar-refractivity contribution in [2.24, 2.45) is 5.92 Å². The van der Waals surface area contributed by atoms with Gasteiger partial charge in [0.05, 0.1) is 6.61 Å². The molecule has 0 bridgehead atoms. The average Bonchev–Trinajstić information content (AvgIpc) is 3.02. The predicted octanol–water partition coefficient (Wildman–Crippen LogP) is 1.90. The summed E-state index contributed by atoms with van der Waals surface area (Å²) in [6.07, 6.45) is 4.55. The Kier molecular flexibility index (Phi) is 3.21. The van der Waals surface area contributed by atoms with E-state index in [1.807, 2.05) is 26.2 Å². The summed E-state index contributed by atoms with van der Waals surface area (Å²) in [7, 11) is 1.94. The topological polar surface area (TPSA) is 34.2 Å². The van der Waals surface area contributed by atoms with Gasteiger partial charge in [-0.15, -0.1) is 0 Å². The van der Waals surface area contributed by atoms with Gasteiger partial charge in [-0.05, 0) is 32.7 Å². The number of nitrogens with one attached hydrogen (secondary N) is 1. The van der Waals surface area contributed by atoms with Gasteiger partial charge in [0, 0.05) is 30.1 Å². The van der Waals surface area contributed by atoms with Gasteiger partial charge in [0.2, 0.25) is 0 Å². The van der Waals surface area contributed by atoms with Gasteiger partial charge in [0.1, 0.15) is 5.75 Å². The molecule has 0 amide bonds. The highest BCUT2D eigenvalue weighted by molar-refractivity contribution is 5.32. The zero-order valence-corrected chi connectivity index (χ0v) is 9.42. The molecule has 0 atom stereocenters. The summed E-state index contributed by atoms with van der Waals surface area (Å²) in [6.45, 7) is 3.67. The van der Waals surface area contributed by atoms with Gasteiger partial charge in [-0.25, -0.2) is 0 Å². The SMILES string of the molecule is CNCc1cnc(C)cc1OCC1CC1. The molecule has 3 heteroatoms. The maximum Gasteiger partial charge on any atom is 0.127 e. The number of rotatable bonds is 5. The van der Waals surface area contributed by atoms with Crippen molar-refractivity contribution in [3.63, 3.8) is 0 Å². The van der Waals surface area contributed by atoms with E-state index in [9.17, 15) is 0 Å². The molecule has 3 nitrogen and oxygen atoms in total. The summed E-state index contributed by atoms with van der Waals surface area (Å²) >= 11 is 0. The van der Waals surface area contributed by atoms with Crippen LogP contribution in [0.5, 0.6) is 5.75 Å². The summed E-state index contributed by atoms with van der Waals surface area (Å²) in [5.41, 5.74) is 2.16. The standard InChI is InChI=1S/C12H18N2O/c1-9-5-12(15-8-10-3-4-10)11(6-13-2)7-14-9/h5,7,10,13H,3-4,6,8H2,1-2H3. The van der Waals surface area contributed by atoms with Crippen molar-refractivity contribution >= 4 is 0 Å².